The van der Waals surface area contributed by atoms with Crippen LogP contribution in [0.25, 0.3) is 0 Å². The molecule has 0 fully saturated rings. The third-order valence-electron chi connectivity index (χ3n) is 4.41. The van der Waals surface area contributed by atoms with Crippen LogP contribution in [0.15, 0.2) is 30.4 Å². The van der Waals surface area contributed by atoms with E-state index in [2.05, 4.69) is 6.92 Å². The summed E-state index contributed by atoms with van der Waals surface area (Å²) >= 11 is 0. The van der Waals surface area contributed by atoms with Gasteiger partial charge in [0.05, 0.1) is 7.11 Å². The highest BCUT2D eigenvalue weighted by Crippen LogP contribution is 2.26. The first kappa shape index (κ1) is 21.3. The fraction of sp³-hybridized carbons (Fsp3) is 0.591. The predicted octanol–water partition coefficient (Wildman–Crippen LogP) is 5.99. The highest BCUT2D eigenvalue weighted by atomic mass is 16.5. The number of phenols is 1. The number of carbonyl (C=O) groups is 1. The number of hydrogen-bond donors (Lipinski definition) is 1. The standard InChI is InChI=1S/C22H34O3/c1-3-4-5-6-7-8-11-14-20(23)15-12-9-10-13-19-16-17-21(24)22(18-19)25-2/h12,15-18,24H,3-11,13-14H2,1-2H3. The summed E-state index contributed by atoms with van der Waals surface area (Å²) in [6, 6.07) is 5.44. The van der Waals surface area contributed by atoms with E-state index in [1.165, 1.54) is 38.5 Å². The van der Waals surface area contributed by atoms with Crippen molar-refractivity contribution in [3.63, 3.8) is 0 Å². The van der Waals surface area contributed by atoms with Crippen LogP contribution in [0.4, 0.5) is 0 Å². The molecule has 0 radical (unpaired) electrons. The second kappa shape index (κ2) is 13.5. The smallest absolute Gasteiger partial charge is 0.160 e. The summed E-state index contributed by atoms with van der Waals surface area (Å²) in [7, 11) is 1.55. The Morgan fingerprint density at radius 2 is 1.80 bits per heavy atom. The predicted molar refractivity (Wildman–Crippen MR) is 104 cm³/mol. The van der Waals surface area contributed by atoms with Crippen molar-refractivity contribution in [1.29, 1.82) is 0 Å². The molecule has 0 saturated carbocycles. The van der Waals surface area contributed by atoms with Crippen molar-refractivity contribution in [2.75, 3.05) is 7.11 Å². The van der Waals surface area contributed by atoms with Crippen LogP contribution in [0.1, 0.15) is 76.7 Å². The van der Waals surface area contributed by atoms with Gasteiger partial charge in [0.15, 0.2) is 17.3 Å². The highest BCUT2D eigenvalue weighted by Gasteiger charge is 2.02. The number of methoxy groups -OCH3 is 1. The molecule has 0 unspecified atom stereocenters. The first-order chi connectivity index (χ1) is 12.2. The number of hydrogen-bond acceptors (Lipinski definition) is 3. The van der Waals surface area contributed by atoms with E-state index in [-0.39, 0.29) is 11.5 Å². The second-order valence-corrected chi connectivity index (χ2v) is 6.64. The minimum absolute atomic E-state index is 0.169. The Morgan fingerprint density at radius 3 is 2.52 bits per heavy atom. The summed E-state index contributed by atoms with van der Waals surface area (Å²) in [6.45, 7) is 2.23. The molecule has 1 aromatic carbocycles. The van der Waals surface area contributed by atoms with Crippen LogP contribution in [-0.2, 0) is 11.2 Å². The Bertz CT molecular complexity index is 520. The van der Waals surface area contributed by atoms with Crippen molar-refractivity contribution in [2.24, 2.45) is 0 Å². The van der Waals surface area contributed by atoms with Gasteiger partial charge in [-0.05, 0) is 49.5 Å². The van der Waals surface area contributed by atoms with Crippen molar-refractivity contribution in [3.8, 4) is 11.5 Å². The maximum Gasteiger partial charge on any atom is 0.160 e. The maximum absolute atomic E-state index is 11.8. The Balaban J connectivity index is 2.09. The van der Waals surface area contributed by atoms with Gasteiger partial charge in [0, 0.05) is 6.42 Å². The van der Waals surface area contributed by atoms with Crippen LogP contribution in [0, 0.1) is 0 Å². The number of ketones is 1. The summed E-state index contributed by atoms with van der Waals surface area (Å²) in [5, 5.41) is 9.57. The van der Waals surface area contributed by atoms with Crippen molar-refractivity contribution >= 4 is 5.78 Å². The number of aryl methyl sites for hydroxylation is 1. The molecule has 0 amide bonds. The Labute approximate surface area is 153 Å². The number of carbonyl (C=O) groups excluding carboxylic acids is 1. The molecule has 1 rings (SSSR count). The molecule has 0 aromatic heterocycles. The molecule has 0 heterocycles. The Kier molecular flexibility index (Phi) is 11.5. The topological polar surface area (TPSA) is 46.5 Å². The molecule has 0 saturated heterocycles. The molecule has 3 nitrogen and oxygen atoms in total. The van der Waals surface area contributed by atoms with Gasteiger partial charge in [-0.3, -0.25) is 4.79 Å². The van der Waals surface area contributed by atoms with E-state index in [1.54, 1.807) is 19.3 Å². The van der Waals surface area contributed by atoms with Crippen LogP contribution in [0.5, 0.6) is 11.5 Å². The van der Waals surface area contributed by atoms with E-state index in [0.717, 1.165) is 31.2 Å². The largest absolute Gasteiger partial charge is 0.504 e. The molecular weight excluding hydrogens is 312 g/mol. The second-order valence-electron chi connectivity index (χ2n) is 6.64. The lowest BCUT2D eigenvalue weighted by molar-refractivity contribution is -0.114. The molecule has 3 heteroatoms. The zero-order valence-electron chi connectivity index (χ0n) is 15.9. The molecule has 0 aliphatic carbocycles. The Morgan fingerprint density at radius 1 is 1.08 bits per heavy atom. The number of allylic oxidation sites excluding steroid dienone is 2. The molecule has 25 heavy (non-hydrogen) atoms. The molecule has 140 valence electrons. The van der Waals surface area contributed by atoms with E-state index in [1.807, 2.05) is 18.2 Å². The molecule has 1 N–H and O–H groups in total. The van der Waals surface area contributed by atoms with Crippen LogP contribution in [0.2, 0.25) is 0 Å². The maximum atomic E-state index is 11.8. The van der Waals surface area contributed by atoms with Crippen molar-refractivity contribution in [1.82, 2.24) is 0 Å². The number of benzene rings is 1. The van der Waals surface area contributed by atoms with Gasteiger partial charge in [0.2, 0.25) is 0 Å². The lowest BCUT2D eigenvalue weighted by Crippen LogP contribution is -1.93. The minimum atomic E-state index is 0.169. The van der Waals surface area contributed by atoms with E-state index >= 15 is 0 Å². The number of unbranched alkanes of at least 4 members (excludes halogenated alkanes) is 7. The highest BCUT2D eigenvalue weighted by molar-refractivity contribution is 5.89. The third kappa shape index (κ3) is 9.96. The average Bonchev–Trinajstić information content (AvgIpc) is 2.62. The average molecular weight is 347 g/mol. The van der Waals surface area contributed by atoms with E-state index in [4.69, 9.17) is 4.74 Å². The van der Waals surface area contributed by atoms with Gasteiger partial charge in [0.25, 0.3) is 0 Å². The van der Waals surface area contributed by atoms with Gasteiger partial charge in [-0.2, -0.15) is 0 Å². The first-order valence-electron chi connectivity index (χ1n) is 9.72. The van der Waals surface area contributed by atoms with E-state index < -0.39 is 0 Å². The van der Waals surface area contributed by atoms with Crippen molar-refractivity contribution in [2.45, 2.75) is 77.6 Å². The first-order valence-corrected chi connectivity index (χ1v) is 9.72. The SMILES string of the molecule is CCCCCCCCCC(=O)C=CCCCc1ccc(O)c(OC)c1. The fourth-order valence-corrected chi connectivity index (χ4v) is 2.86. The van der Waals surface area contributed by atoms with E-state index in [0.29, 0.717) is 12.2 Å². The molecule has 0 aliphatic rings. The fourth-order valence-electron chi connectivity index (χ4n) is 2.86. The molecule has 1 aromatic rings. The lowest BCUT2D eigenvalue weighted by Gasteiger charge is -2.05. The summed E-state index contributed by atoms with van der Waals surface area (Å²) in [6.07, 6.45) is 15.9. The molecule has 0 spiro atoms. The molecule has 0 bridgehead atoms. The van der Waals surface area contributed by atoms with Gasteiger partial charge in [-0.25, -0.2) is 0 Å². The number of aromatic hydroxyl groups is 1. The normalized spacial score (nSPS) is 11.1. The number of rotatable bonds is 14. The summed E-state index contributed by atoms with van der Waals surface area (Å²) < 4.78 is 5.11. The molecular formula is C22H34O3. The van der Waals surface area contributed by atoms with Gasteiger partial charge < -0.3 is 9.84 Å². The summed E-state index contributed by atoms with van der Waals surface area (Å²) in [5.74, 6) is 0.930. The zero-order valence-corrected chi connectivity index (χ0v) is 15.9. The van der Waals surface area contributed by atoms with Gasteiger partial charge in [-0.15, -0.1) is 0 Å². The quantitative estimate of drug-likeness (QED) is 0.332. The lowest BCUT2D eigenvalue weighted by atomic mass is 10.1. The van der Waals surface area contributed by atoms with Crippen molar-refractivity contribution < 1.29 is 14.6 Å². The molecule has 0 aliphatic heterocycles. The van der Waals surface area contributed by atoms with Crippen LogP contribution in [0.3, 0.4) is 0 Å². The number of ether oxygens (including phenoxy) is 1. The zero-order chi connectivity index (χ0) is 18.3. The van der Waals surface area contributed by atoms with Gasteiger partial charge in [-0.1, -0.05) is 57.6 Å². The van der Waals surface area contributed by atoms with Crippen LogP contribution < -0.4 is 4.74 Å². The van der Waals surface area contributed by atoms with Gasteiger partial charge in [0.1, 0.15) is 0 Å². The van der Waals surface area contributed by atoms with Crippen LogP contribution >= 0.6 is 0 Å². The third-order valence-corrected chi connectivity index (χ3v) is 4.41. The summed E-state index contributed by atoms with van der Waals surface area (Å²) in [4.78, 5) is 11.8. The monoisotopic (exact) mass is 346 g/mol. The summed E-state index contributed by atoms with van der Waals surface area (Å²) in [5.41, 5.74) is 1.14. The molecule has 0 atom stereocenters. The Hall–Kier alpha value is -1.77. The van der Waals surface area contributed by atoms with Crippen molar-refractivity contribution in [3.05, 3.63) is 35.9 Å². The number of phenolic OH excluding ortho intramolecular Hbond substituents is 1. The van der Waals surface area contributed by atoms with Gasteiger partial charge >= 0.3 is 0 Å². The van der Waals surface area contributed by atoms with Crippen LogP contribution in [-0.4, -0.2) is 18.0 Å². The minimum Gasteiger partial charge on any atom is -0.504 e. The van der Waals surface area contributed by atoms with E-state index in [9.17, 15) is 9.90 Å².